The number of nitrogens with zero attached hydrogens (tertiary/aromatic N) is 1. The van der Waals surface area contributed by atoms with Crippen molar-refractivity contribution in [2.75, 3.05) is 11.9 Å². The molecule has 0 radical (unpaired) electrons. The molecular weight excluding hydrogens is 264 g/mol. The lowest BCUT2D eigenvalue weighted by Gasteiger charge is -2.27. The molecule has 4 nitrogen and oxygen atoms in total. The molecule has 0 spiro atoms. The summed E-state index contributed by atoms with van der Waals surface area (Å²) in [7, 11) is 0. The summed E-state index contributed by atoms with van der Waals surface area (Å²) in [4.78, 5) is 25.6. The summed E-state index contributed by atoms with van der Waals surface area (Å²) in [6.07, 6.45) is 4.86. The third kappa shape index (κ3) is 4.59. The van der Waals surface area contributed by atoms with Crippen LogP contribution in [0, 0.1) is 6.92 Å². The lowest BCUT2D eigenvalue weighted by atomic mass is 10.2. The molecule has 21 heavy (non-hydrogen) atoms. The summed E-state index contributed by atoms with van der Waals surface area (Å²) in [5.41, 5.74) is 1.97. The van der Waals surface area contributed by atoms with E-state index in [1.54, 1.807) is 6.92 Å². The molecule has 1 saturated carbocycles. The summed E-state index contributed by atoms with van der Waals surface area (Å²) >= 11 is 0. The first-order valence-electron chi connectivity index (χ1n) is 7.70. The van der Waals surface area contributed by atoms with Crippen LogP contribution >= 0.6 is 0 Å². The number of carbonyl (C=O) groups excluding carboxylic acids is 2. The Labute approximate surface area is 126 Å². The van der Waals surface area contributed by atoms with Crippen LogP contribution in [0.3, 0.4) is 0 Å². The Balaban J connectivity index is 1.83. The van der Waals surface area contributed by atoms with E-state index in [1.807, 2.05) is 36.1 Å². The van der Waals surface area contributed by atoms with E-state index in [4.69, 9.17) is 0 Å². The second-order valence-corrected chi connectivity index (χ2v) is 5.81. The summed E-state index contributed by atoms with van der Waals surface area (Å²) in [5.74, 6) is 0.0353. The summed E-state index contributed by atoms with van der Waals surface area (Å²) < 4.78 is 0. The van der Waals surface area contributed by atoms with Crippen LogP contribution in [-0.2, 0) is 9.59 Å². The first-order valence-corrected chi connectivity index (χ1v) is 7.70. The van der Waals surface area contributed by atoms with Gasteiger partial charge in [0.25, 0.3) is 0 Å². The average Bonchev–Trinajstić information content (AvgIpc) is 2.95. The number of carbonyl (C=O) groups is 2. The minimum atomic E-state index is -0.0388. The molecule has 2 rings (SSSR count). The van der Waals surface area contributed by atoms with Crippen LogP contribution in [0.15, 0.2) is 24.3 Å². The highest BCUT2D eigenvalue weighted by atomic mass is 16.2. The van der Waals surface area contributed by atoms with E-state index >= 15 is 0 Å². The van der Waals surface area contributed by atoms with Crippen LogP contribution in [0.1, 0.15) is 44.6 Å². The predicted molar refractivity (Wildman–Crippen MR) is 84.1 cm³/mol. The van der Waals surface area contributed by atoms with Gasteiger partial charge < -0.3 is 10.2 Å². The molecule has 1 aliphatic rings. The Morgan fingerprint density at radius 2 is 1.81 bits per heavy atom. The zero-order valence-corrected chi connectivity index (χ0v) is 12.9. The van der Waals surface area contributed by atoms with Crippen molar-refractivity contribution in [3.05, 3.63) is 29.8 Å². The fourth-order valence-electron chi connectivity index (χ4n) is 2.90. The molecular formula is C17H24N2O2. The molecule has 0 atom stereocenters. The lowest BCUT2D eigenvalue weighted by molar-refractivity contribution is -0.131. The zero-order chi connectivity index (χ0) is 15.2. The molecule has 0 aliphatic heterocycles. The van der Waals surface area contributed by atoms with Crippen molar-refractivity contribution in [2.24, 2.45) is 0 Å². The Bertz CT molecular complexity index is 490. The van der Waals surface area contributed by atoms with Gasteiger partial charge in [-0.2, -0.15) is 0 Å². The van der Waals surface area contributed by atoms with Gasteiger partial charge in [0, 0.05) is 31.6 Å². The molecule has 2 amide bonds. The van der Waals surface area contributed by atoms with E-state index in [-0.39, 0.29) is 11.8 Å². The third-order valence-electron chi connectivity index (χ3n) is 4.09. The molecule has 0 aromatic heterocycles. The Hall–Kier alpha value is -1.84. The molecule has 0 unspecified atom stereocenters. The Morgan fingerprint density at radius 3 is 2.38 bits per heavy atom. The number of rotatable bonds is 5. The van der Waals surface area contributed by atoms with Crippen LogP contribution in [0.4, 0.5) is 5.69 Å². The largest absolute Gasteiger partial charge is 0.339 e. The van der Waals surface area contributed by atoms with Crippen molar-refractivity contribution in [1.29, 1.82) is 0 Å². The van der Waals surface area contributed by atoms with Gasteiger partial charge in [-0.05, 0) is 31.9 Å². The fraction of sp³-hybridized carbons (Fsp3) is 0.529. The molecule has 1 fully saturated rings. The maximum absolute atomic E-state index is 12.0. The van der Waals surface area contributed by atoms with Crippen molar-refractivity contribution in [3.63, 3.8) is 0 Å². The number of amides is 2. The van der Waals surface area contributed by atoms with Gasteiger partial charge in [0.05, 0.1) is 0 Å². The number of aryl methyl sites for hydroxylation is 1. The Morgan fingerprint density at radius 1 is 1.19 bits per heavy atom. The highest BCUT2D eigenvalue weighted by Gasteiger charge is 2.24. The average molecular weight is 288 g/mol. The molecule has 1 N–H and O–H groups in total. The summed E-state index contributed by atoms with van der Waals surface area (Å²) in [6, 6.07) is 8.06. The summed E-state index contributed by atoms with van der Waals surface area (Å²) in [5, 5.41) is 2.88. The van der Waals surface area contributed by atoms with E-state index in [0.29, 0.717) is 19.0 Å². The van der Waals surface area contributed by atoms with E-state index in [1.165, 1.54) is 12.8 Å². The third-order valence-corrected chi connectivity index (χ3v) is 4.09. The topological polar surface area (TPSA) is 49.4 Å². The van der Waals surface area contributed by atoms with E-state index in [9.17, 15) is 9.59 Å². The summed E-state index contributed by atoms with van der Waals surface area (Å²) in [6.45, 7) is 4.12. The highest BCUT2D eigenvalue weighted by molar-refractivity contribution is 5.91. The molecule has 1 aromatic carbocycles. The van der Waals surface area contributed by atoms with Gasteiger partial charge in [-0.3, -0.25) is 9.59 Å². The van der Waals surface area contributed by atoms with E-state index in [0.717, 1.165) is 24.1 Å². The molecule has 0 heterocycles. The van der Waals surface area contributed by atoms with Gasteiger partial charge >= 0.3 is 0 Å². The van der Waals surface area contributed by atoms with Gasteiger partial charge in [-0.15, -0.1) is 0 Å². The van der Waals surface area contributed by atoms with E-state index in [2.05, 4.69) is 5.32 Å². The molecule has 0 saturated heterocycles. The first-order chi connectivity index (χ1) is 10.1. The van der Waals surface area contributed by atoms with E-state index < -0.39 is 0 Å². The van der Waals surface area contributed by atoms with Gasteiger partial charge in [-0.1, -0.05) is 30.5 Å². The second-order valence-electron chi connectivity index (χ2n) is 5.81. The van der Waals surface area contributed by atoms with Crippen molar-refractivity contribution in [1.82, 2.24) is 4.90 Å². The normalized spacial score (nSPS) is 15.0. The quantitative estimate of drug-likeness (QED) is 0.905. The van der Waals surface area contributed by atoms with Crippen molar-refractivity contribution in [2.45, 2.75) is 52.0 Å². The van der Waals surface area contributed by atoms with Crippen molar-refractivity contribution >= 4 is 17.5 Å². The highest BCUT2D eigenvalue weighted by Crippen LogP contribution is 2.23. The van der Waals surface area contributed by atoms with Gasteiger partial charge in [0.1, 0.15) is 0 Å². The molecule has 0 bridgehead atoms. The second kappa shape index (κ2) is 7.25. The lowest BCUT2D eigenvalue weighted by Crippen LogP contribution is -2.39. The monoisotopic (exact) mass is 288 g/mol. The molecule has 1 aliphatic carbocycles. The zero-order valence-electron chi connectivity index (χ0n) is 12.9. The SMILES string of the molecule is CC(=O)N(CCC(=O)Nc1ccc(C)cc1)C1CCCC1. The van der Waals surface area contributed by atoms with Gasteiger partial charge in [0.15, 0.2) is 0 Å². The van der Waals surface area contributed by atoms with Crippen LogP contribution in [0.25, 0.3) is 0 Å². The minimum absolute atomic E-state index is 0.0388. The minimum Gasteiger partial charge on any atom is -0.339 e. The van der Waals surface area contributed by atoms with Gasteiger partial charge in [0.2, 0.25) is 11.8 Å². The fourth-order valence-corrected chi connectivity index (χ4v) is 2.90. The van der Waals surface area contributed by atoms with Gasteiger partial charge in [-0.25, -0.2) is 0 Å². The molecule has 4 heteroatoms. The number of anilines is 1. The number of nitrogens with one attached hydrogen (secondary N) is 1. The van der Waals surface area contributed by atoms with Crippen LogP contribution < -0.4 is 5.32 Å². The number of hydrogen-bond acceptors (Lipinski definition) is 2. The van der Waals surface area contributed by atoms with Crippen molar-refractivity contribution in [3.8, 4) is 0 Å². The number of hydrogen-bond donors (Lipinski definition) is 1. The Kier molecular flexibility index (Phi) is 5.37. The number of benzene rings is 1. The van der Waals surface area contributed by atoms with Crippen molar-refractivity contribution < 1.29 is 9.59 Å². The maximum atomic E-state index is 12.0. The smallest absolute Gasteiger partial charge is 0.226 e. The predicted octanol–water partition coefficient (Wildman–Crippen LogP) is 3.11. The van der Waals surface area contributed by atoms with Crippen LogP contribution in [-0.4, -0.2) is 29.3 Å². The standard InChI is InChI=1S/C17H24N2O2/c1-13-7-9-15(10-8-13)18-17(21)11-12-19(14(2)20)16-5-3-4-6-16/h7-10,16H,3-6,11-12H2,1-2H3,(H,18,21). The van der Waals surface area contributed by atoms with Crippen LogP contribution in [0.5, 0.6) is 0 Å². The first kappa shape index (κ1) is 15.5. The molecule has 114 valence electrons. The van der Waals surface area contributed by atoms with Crippen LogP contribution in [0.2, 0.25) is 0 Å². The molecule has 1 aromatic rings. The maximum Gasteiger partial charge on any atom is 0.226 e.